The van der Waals surface area contributed by atoms with Crippen molar-refractivity contribution in [2.24, 2.45) is 0 Å². The smallest absolute Gasteiger partial charge is 0.264 e. The molecule has 0 aliphatic heterocycles. The van der Waals surface area contributed by atoms with Crippen LogP contribution in [0, 0.1) is 0 Å². The standard InChI is InChI=1S/C16H26.H2O4S/c1-3-5-7-11-15-13-9-10-14-16(15)12-8-6-4-2;1-5(2,3)4/h9-10,13-14H,3-8,11-12H2,1-2H3;(H2,1,2,3,4). The summed E-state index contributed by atoms with van der Waals surface area (Å²) >= 11 is 0. The zero-order valence-electron chi connectivity index (χ0n) is 13.1. The van der Waals surface area contributed by atoms with Crippen molar-refractivity contribution >= 4 is 10.4 Å². The fourth-order valence-corrected chi connectivity index (χ4v) is 2.18. The van der Waals surface area contributed by atoms with Crippen molar-refractivity contribution in [1.29, 1.82) is 0 Å². The lowest BCUT2D eigenvalue weighted by molar-refractivity contribution is 0.381. The molecule has 2 N–H and O–H groups in total. The van der Waals surface area contributed by atoms with Gasteiger partial charge in [-0.3, -0.25) is 9.11 Å². The van der Waals surface area contributed by atoms with Crippen molar-refractivity contribution in [3.63, 3.8) is 0 Å². The van der Waals surface area contributed by atoms with E-state index in [2.05, 4.69) is 38.1 Å². The molecule has 4 nitrogen and oxygen atoms in total. The maximum atomic E-state index is 8.74. The fourth-order valence-electron chi connectivity index (χ4n) is 2.18. The Balaban J connectivity index is 0.000000690. The second-order valence-electron chi connectivity index (χ2n) is 5.13. The lowest BCUT2D eigenvalue weighted by atomic mass is 9.97. The zero-order chi connectivity index (χ0) is 16.1. The van der Waals surface area contributed by atoms with Crippen LogP contribution in [0.1, 0.15) is 63.5 Å². The molecule has 1 rings (SSSR count). The molecular formula is C16H28O4S. The quantitative estimate of drug-likeness (QED) is 0.547. The van der Waals surface area contributed by atoms with Gasteiger partial charge >= 0.3 is 10.4 Å². The summed E-state index contributed by atoms with van der Waals surface area (Å²) in [5.74, 6) is 0. The Morgan fingerprint density at radius 3 is 1.43 bits per heavy atom. The van der Waals surface area contributed by atoms with Gasteiger partial charge in [-0.25, -0.2) is 0 Å². The number of hydrogen-bond donors (Lipinski definition) is 2. The normalized spacial score (nSPS) is 10.9. The van der Waals surface area contributed by atoms with Gasteiger partial charge in [0.2, 0.25) is 0 Å². The molecule has 5 heteroatoms. The molecule has 0 aliphatic rings. The topological polar surface area (TPSA) is 74.6 Å². The molecule has 0 fully saturated rings. The summed E-state index contributed by atoms with van der Waals surface area (Å²) in [6.07, 6.45) is 10.6. The summed E-state index contributed by atoms with van der Waals surface area (Å²) < 4.78 is 31.6. The van der Waals surface area contributed by atoms with Gasteiger partial charge in [0.25, 0.3) is 0 Å². The van der Waals surface area contributed by atoms with Gasteiger partial charge in [0.05, 0.1) is 0 Å². The van der Waals surface area contributed by atoms with Gasteiger partial charge in [-0.05, 0) is 36.8 Å². The molecule has 21 heavy (non-hydrogen) atoms. The van der Waals surface area contributed by atoms with Crippen molar-refractivity contribution in [1.82, 2.24) is 0 Å². The van der Waals surface area contributed by atoms with Gasteiger partial charge in [0, 0.05) is 0 Å². The lowest BCUT2D eigenvalue weighted by Crippen LogP contribution is -1.94. The van der Waals surface area contributed by atoms with Gasteiger partial charge in [0.15, 0.2) is 0 Å². The second-order valence-corrected chi connectivity index (χ2v) is 6.03. The monoisotopic (exact) mass is 316 g/mol. The first-order valence-electron chi connectivity index (χ1n) is 7.65. The fraction of sp³-hybridized carbons (Fsp3) is 0.625. The highest BCUT2D eigenvalue weighted by Crippen LogP contribution is 2.15. The molecule has 0 aromatic heterocycles. The van der Waals surface area contributed by atoms with Crippen LogP contribution in [0.25, 0.3) is 0 Å². The van der Waals surface area contributed by atoms with Crippen LogP contribution in [0.5, 0.6) is 0 Å². The Morgan fingerprint density at radius 1 is 0.810 bits per heavy atom. The van der Waals surface area contributed by atoms with Gasteiger partial charge < -0.3 is 0 Å². The highest BCUT2D eigenvalue weighted by atomic mass is 32.3. The van der Waals surface area contributed by atoms with Crippen LogP contribution in [0.3, 0.4) is 0 Å². The molecule has 0 saturated heterocycles. The SMILES string of the molecule is CCCCCc1ccccc1CCCCC.O=S(=O)(O)O. The van der Waals surface area contributed by atoms with E-state index in [-0.39, 0.29) is 0 Å². The molecule has 1 aromatic carbocycles. The Kier molecular flexibility index (Phi) is 11.2. The Labute approximate surface area is 129 Å². The van der Waals surface area contributed by atoms with Crippen LogP contribution in [-0.2, 0) is 23.2 Å². The van der Waals surface area contributed by atoms with Crippen molar-refractivity contribution in [3.8, 4) is 0 Å². The maximum absolute atomic E-state index is 8.74. The summed E-state index contributed by atoms with van der Waals surface area (Å²) in [6.45, 7) is 4.54. The lowest BCUT2D eigenvalue weighted by Gasteiger charge is -2.08. The highest BCUT2D eigenvalue weighted by molar-refractivity contribution is 7.79. The van der Waals surface area contributed by atoms with E-state index in [1.165, 1.54) is 51.4 Å². The summed E-state index contributed by atoms with van der Waals surface area (Å²) in [7, 11) is -4.67. The summed E-state index contributed by atoms with van der Waals surface area (Å²) in [5, 5.41) is 0. The van der Waals surface area contributed by atoms with E-state index < -0.39 is 10.4 Å². The average Bonchev–Trinajstić information content (AvgIpc) is 2.39. The molecule has 122 valence electrons. The third kappa shape index (κ3) is 13.8. The predicted molar refractivity (Wildman–Crippen MR) is 87.1 cm³/mol. The molecule has 0 amide bonds. The van der Waals surface area contributed by atoms with Crippen molar-refractivity contribution in [3.05, 3.63) is 35.4 Å². The Hall–Kier alpha value is -0.910. The van der Waals surface area contributed by atoms with E-state index in [0.717, 1.165) is 0 Å². The third-order valence-corrected chi connectivity index (χ3v) is 3.22. The molecule has 0 saturated carbocycles. The molecular weight excluding hydrogens is 288 g/mol. The summed E-state index contributed by atoms with van der Waals surface area (Å²) in [5.41, 5.74) is 3.18. The second kappa shape index (κ2) is 11.7. The number of benzene rings is 1. The minimum Gasteiger partial charge on any atom is -0.264 e. The van der Waals surface area contributed by atoms with Crippen molar-refractivity contribution < 1.29 is 17.5 Å². The number of aryl methyl sites for hydroxylation is 2. The highest BCUT2D eigenvalue weighted by Gasteiger charge is 2.01. The van der Waals surface area contributed by atoms with Crippen LogP contribution >= 0.6 is 0 Å². The minimum atomic E-state index is -4.67. The average molecular weight is 316 g/mol. The molecule has 0 heterocycles. The Bertz CT molecular complexity index is 432. The van der Waals surface area contributed by atoms with Crippen molar-refractivity contribution in [2.75, 3.05) is 0 Å². The van der Waals surface area contributed by atoms with E-state index in [4.69, 9.17) is 17.5 Å². The van der Waals surface area contributed by atoms with Crippen molar-refractivity contribution in [2.45, 2.75) is 65.2 Å². The van der Waals surface area contributed by atoms with E-state index in [0.29, 0.717) is 0 Å². The molecule has 1 aromatic rings. The van der Waals surface area contributed by atoms with E-state index in [9.17, 15) is 0 Å². The maximum Gasteiger partial charge on any atom is 0.394 e. The predicted octanol–water partition coefficient (Wildman–Crippen LogP) is 4.50. The zero-order valence-corrected chi connectivity index (χ0v) is 13.9. The molecule has 0 aliphatic carbocycles. The van der Waals surface area contributed by atoms with E-state index >= 15 is 0 Å². The Morgan fingerprint density at radius 2 is 1.14 bits per heavy atom. The van der Waals surface area contributed by atoms with Crippen LogP contribution in [-0.4, -0.2) is 17.5 Å². The first-order chi connectivity index (χ1) is 9.88. The van der Waals surface area contributed by atoms with Crippen LogP contribution < -0.4 is 0 Å². The van der Waals surface area contributed by atoms with Crippen LogP contribution in [0.15, 0.2) is 24.3 Å². The molecule has 0 atom stereocenters. The third-order valence-electron chi connectivity index (χ3n) is 3.22. The van der Waals surface area contributed by atoms with Gasteiger partial charge in [-0.15, -0.1) is 0 Å². The van der Waals surface area contributed by atoms with E-state index in [1.807, 2.05) is 0 Å². The largest absolute Gasteiger partial charge is 0.394 e. The van der Waals surface area contributed by atoms with Crippen LogP contribution in [0.2, 0.25) is 0 Å². The number of rotatable bonds is 8. The van der Waals surface area contributed by atoms with Gasteiger partial charge in [0.1, 0.15) is 0 Å². The van der Waals surface area contributed by atoms with Crippen LogP contribution in [0.4, 0.5) is 0 Å². The minimum absolute atomic E-state index is 1.27. The molecule has 0 spiro atoms. The number of unbranched alkanes of at least 4 members (excludes halogenated alkanes) is 4. The molecule has 0 radical (unpaired) electrons. The van der Waals surface area contributed by atoms with Gasteiger partial charge in [-0.2, -0.15) is 8.42 Å². The van der Waals surface area contributed by atoms with E-state index in [1.54, 1.807) is 11.1 Å². The number of hydrogen-bond acceptors (Lipinski definition) is 2. The molecule has 0 bridgehead atoms. The van der Waals surface area contributed by atoms with Gasteiger partial charge in [-0.1, -0.05) is 63.8 Å². The molecule has 0 unspecified atom stereocenters. The first-order valence-corrected chi connectivity index (χ1v) is 9.04. The summed E-state index contributed by atoms with van der Waals surface area (Å²) in [6, 6.07) is 9.00. The summed E-state index contributed by atoms with van der Waals surface area (Å²) in [4.78, 5) is 0. The first kappa shape index (κ1) is 20.1.